The molecule has 0 aliphatic heterocycles. The van der Waals surface area contributed by atoms with Gasteiger partial charge in [0.25, 0.3) is 5.78 Å². The van der Waals surface area contributed by atoms with Crippen LogP contribution in [0.4, 0.5) is 0 Å². The Morgan fingerprint density at radius 2 is 1.84 bits per heavy atom. The van der Waals surface area contributed by atoms with Gasteiger partial charge in [-0.2, -0.15) is 0 Å². The molecule has 0 saturated carbocycles. The van der Waals surface area contributed by atoms with Gasteiger partial charge in [-0.05, 0) is 13.0 Å². The van der Waals surface area contributed by atoms with E-state index in [9.17, 15) is 9.59 Å². The Hall–Kier alpha value is -2.23. The number of H-pyrrole nitrogens is 1. The number of aromatic amines is 1. The molecule has 96 valence electrons. The zero-order valence-corrected chi connectivity index (χ0v) is 11.1. The first kappa shape index (κ1) is 11.8. The number of nitrogens with one attached hydrogen (secondary N) is 1. The van der Waals surface area contributed by atoms with E-state index in [1.807, 2.05) is 32.9 Å². The maximum atomic E-state index is 12.1. The monoisotopic (exact) mass is 254 g/mol. The van der Waals surface area contributed by atoms with Crippen LogP contribution in [0.1, 0.15) is 52.0 Å². The standard InChI is InChI=1S/C15H14N2O2/c1-7(2)15-16-11-9-5-4-8(3)6-10(9)13(18)14(19)12(11)17-15/h4-7H,1-3H3,(H,16,17). The Morgan fingerprint density at radius 3 is 2.53 bits per heavy atom. The van der Waals surface area contributed by atoms with Crippen LogP contribution in [0.2, 0.25) is 0 Å². The average molecular weight is 254 g/mol. The minimum atomic E-state index is -0.493. The SMILES string of the molecule is Cc1ccc2c(c1)C(=O)C(=O)c1[nH]c(C(C)C)nc1-2. The second-order valence-corrected chi connectivity index (χ2v) is 5.21. The van der Waals surface area contributed by atoms with E-state index < -0.39 is 11.6 Å². The number of aryl methyl sites for hydroxylation is 1. The second kappa shape index (κ2) is 3.88. The Kier molecular flexibility index (Phi) is 2.42. The van der Waals surface area contributed by atoms with E-state index in [0.717, 1.165) is 17.0 Å². The summed E-state index contributed by atoms with van der Waals surface area (Å²) in [6, 6.07) is 5.54. The maximum absolute atomic E-state index is 12.1. The van der Waals surface area contributed by atoms with E-state index in [2.05, 4.69) is 9.97 Å². The molecule has 1 aromatic carbocycles. The molecule has 0 unspecified atom stereocenters. The van der Waals surface area contributed by atoms with Gasteiger partial charge in [0.05, 0.1) is 0 Å². The lowest BCUT2D eigenvalue weighted by Crippen LogP contribution is -2.21. The molecule has 1 aliphatic carbocycles. The van der Waals surface area contributed by atoms with Crippen LogP contribution in [0.25, 0.3) is 11.3 Å². The fourth-order valence-electron chi connectivity index (χ4n) is 2.31. The van der Waals surface area contributed by atoms with Crippen molar-refractivity contribution in [3.05, 3.63) is 40.8 Å². The first-order chi connectivity index (χ1) is 8.99. The van der Waals surface area contributed by atoms with Crippen molar-refractivity contribution in [2.45, 2.75) is 26.7 Å². The molecule has 0 saturated heterocycles. The van der Waals surface area contributed by atoms with Crippen molar-refractivity contribution in [3.8, 4) is 11.3 Å². The highest BCUT2D eigenvalue weighted by atomic mass is 16.2. The minimum Gasteiger partial charge on any atom is -0.338 e. The smallest absolute Gasteiger partial charge is 0.251 e. The zero-order chi connectivity index (χ0) is 13.7. The van der Waals surface area contributed by atoms with Crippen molar-refractivity contribution in [1.82, 2.24) is 9.97 Å². The second-order valence-electron chi connectivity index (χ2n) is 5.21. The molecule has 1 aliphatic rings. The quantitative estimate of drug-likeness (QED) is 0.796. The van der Waals surface area contributed by atoms with Gasteiger partial charge in [-0.15, -0.1) is 0 Å². The number of hydrogen-bond acceptors (Lipinski definition) is 3. The summed E-state index contributed by atoms with van der Waals surface area (Å²) >= 11 is 0. The van der Waals surface area contributed by atoms with Gasteiger partial charge in [0.2, 0.25) is 5.78 Å². The predicted molar refractivity (Wildman–Crippen MR) is 71.5 cm³/mol. The molecule has 19 heavy (non-hydrogen) atoms. The minimum absolute atomic E-state index is 0.183. The number of aromatic nitrogens is 2. The fraction of sp³-hybridized carbons (Fsp3) is 0.267. The van der Waals surface area contributed by atoms with Crippen LogP contribution in [-0.2, 0) is 0 Å². The largest absolute Gasteiger partial charge is 0.338 e. The zero-order valence-electron chi connectivity index (χ0n) is 11.1. The lowest BCUT2D eigenvalue weighted by molar-refractivity contribution is 0.0812. The summed E-state index contributed by atoms with van der Waals surface area (Å²) in [7, 11) is 0. The number of ketones is 2. The number of rotatable bonds is 1. The molecule has 1 heterocycles. The number of fused-ring (bicyclic) bond motifs is 3. The Labute approximate surface area is 110 Å². The Morgan fingerprint density at radius 1 is 1.11 bits per heavy atom. The molecule has 4 nitrogen and oxygen atoms in total. The molecule has 0 bridgehead atoms. The van der Waals surface area contributed by atoms with Crippen LogP contribution in [0.15, 0.2) is 18.2 Å². The third-order valence-electron chi connectivity index (χ3n) is 3.38. The first-order valence-electron chi connectivity index (χ1n) is 6.29. The molecule has 0 atom stereocenters. The number of imidazole rings is 1. The van der Waals surface area contributed by atoms with Gasteiger partial charge in [-0.25, -0.2) is 4.98 Å². The lowest BCUT2D eigenvalue weighted by atomic mass is 9.89. The van der Waals surface area contributed by atoms with Crippen LogP contribution < -0.4 is 0 Å². The summed E-state index contributed by atoms with van der Waals surface area (Å²) in [5.74, 6) is -0.0281. The maximum Gasteiger partial charge on any atom is 0.251 e. The fourth-order valence-corrected chi connectivity index (χ4v) is 2.31. The van der Waals surface area contributed by atoms with Gasteiger partial charge in [0.15, 0.2) is 0 Å². The van der Waals surface area contributed by atoms with Crippen molar-refractivity contribution in [3.63, 3.8) is 0 Å². The summed E-state index contributed by atoms with van der Waals surface area (Å²) in [6.07, 6.45) is 0. The lowest BCUT2D eigenvalue weighted by Gasteiger charge is -2.13. The molecule has 1 N–H and O–H groups in total. The van der Waals surface area contributed by atoms with Crippen LogP contribution >= 0.6 is 0 Å². The van der Waals surface area contributed by atoms with Gasteiger partial charge in [-0.1, -0.05) is 31.5 Å². The molecule has 2 aromatic rings. The van der Waals surface area contributed by atoms with Crippen LogP contribution in [0, 0.1) is 6.92 Å². The van der Waals surface area contributed by atoms with Gasteiger partial charge in [0, 0.05) is 17.0 Å². The Bertz CT molecular complexity index is 711. The van der Waals surface area contributed by atoms with E-state index in [4.69, 9.17) is 0 Å². The molecule has 0 fully saturated rings. The summed E-state index contributed by atoms with van der Waals surface area (Å²) in [5, 5.41) is 0. The highest BCUT2D eigenvalue weighted by molar-refractivity contribution is 6.52. The highest BCUT2D eigenvalue weighted by Gasteiger charge is 2.33. The average Bonchev–Trinajstić information content (AvgIpc) is 2.81. The molecular weight excluding hydrogens is 240 g/mol. The predicted octanol–water partition coefficient (Wildman–Crippen LogP) is 2.89. The molecule has 0 spiro atoms. The molecule has 4 heteroatoms. The number of hydrogen-bond donors (Lipinski definition) is 1. The summed E-state index contributed by atoms with van der Waals surface area (Å²) in [4.78, 5) is 31.7. The number of Topliss-reactive ketones (excluding diaryl/α,β-unsaturated/α-hetero) is 2. The van der Waals surface area contributed by atoms with E-state index >= 15 is 0 Å². The first-order valence-corrected chi connectivity index (χ1v) is 6.29. The van der Waals surface area contributed by atoms with Crippen molar-refractivity contribution in [1.29, 1.82) is 0 Å². The third kappa shape index (κ3) is 1.63. The number of nitrogens with zero attached hydrogens (tertiary/aromatic N) is 1. The van der Waals surface area contributed by atoms with E-state index in [1.54, 1.807) is 6.07 Å². The van der Waals surface area contributed by atoms with Crippen LogP contribution in [-0.4, -0.2) is 21.5 Å². The van der Waals surface area contributed by atoms with Crippen molar-refractivity contribution in [2.24, 2.45) is 0 Å². The topological polar surface area (TPSA) is 62.8 Å². The number of benzene rings is 1. The van der Waals surface area contributed by atoms with Crippen molar-refractivity contribution < 1.29 is 9.59 Å². The summed E-state index contributed by atoms with van der Waals surface area (Å²) in [5.41, 5.74) is 3.09. The number of carbonyl (C=O) groups is 2. The molecule has 3 rings (SSSR count). The summed E-state index contributed by atoms with van der Waals surface area (Å²) < 4.78 is 0. The van der Waals surface area contributed by atoms with Gasteiger partial charge >= 0.3 is 0 Å². The van der Waals surface area contributed by atoms with Gasteiger partial charge in [0.1, 0.15) is 17.2 Å². The van der Waals surface area contributed by atoms with Crippen molar-refractivity contribution >= 4 is 11.6 Å². The van der Waals surface area contributed by atoms with E-state index in [1.165, 1.54) is 0 Å². The van der Waals surface area contributed by atoms with Gasteiger partial charge < -0.3 is 4.98 Å². The van der Waals surface area contributed by atoms with Crippen LogP contribution in [0.5, 0.6) is 0 Å². The van der Waals surface area contributed by atoms with Crippen molar-refractivity contribution in [2.75, 3.05) is 0 Å². The molecular formula is C15H14N2O2. The number of carbonyl (C=O) groups excluding carboxylic acids is 2. The summed E-state index contributed by atoms with van der Waals surface area (Å²) in [6.45, 7) is 5.89. The van der Waals surface area contributed by atoms with Gasteiger partial charge in [-0.3, -0.25) is 9.59 Å². The molecule has 0 radical (unpaired) electrons. The Balaban J connectivity index is 2.30. The highest BCUT2D eigenvalue weighted by Crippen LogP contribution is 2.33. The normalized spacial score (nSPS) is 13.7. The van der Waals surface area contributed by atoms with Crippen LogP contribution in [0.3, 0.4) is 0 Å². The van der Waals surface area contributed by atoms with E-state index in [-0.39, 0.29) is 5.92 Å². The third-order valence-corrected chi connectivity index (χ3v) is 3.38. The molecule has 1 aromatic heterocycles. The van der Waals surface area contributed by atoms with E-state index in [0.29, 0.717) is 17.0 Å². The molecule has 0 amide bonds.